The van der Waals surface area contributed by atoms with E-state index in [0.717, 1.165) is 27.6 Å². The SMILES string of the molecule is CC(c1c[nH]c2ccccc12)C1NCCN([C@H](Cc2ccccc2)C(=O)N(C)Cc2ccccc2)C1=O. The van der Waals surface area contributed by atoms with E-state index < -0.39 is 12.1 Å². The molecule has 1 aromatic heterocycles. The Bertz CT molecular complexity index is 1350. The lowest BCUT2D eigenvalue weighted by molar-refractivity contribution is -0.148. The quantitative estimate of drug-likeness (QED) is 0.383. The van der Waals surface area contributed by atoms with Gasteiger partial charge in [-0.3, -0.25) is 9.59 Å². The number of nitrogens with one attached hydrogen (secondary N) is 2. The molecule has 0 aliphatic carbocycles. The van der Waals surface area contributed by atoms with Crippen LogP contribution in [0.15, 0.2) is 91.1 Å². The Morgan fingerprint density at radius 3 is 2.35 bits per heavy atom. The zero-order valence-electron chi connectivity index (χ0n) is 21.4. The molecule has 0 spiro atoms. The van der Waals surface area contributed by atoms with Gasteiger partial charge in [0.05, 0.1) is 6.04 Å². The second-order valence-electron chi connectivity index (χ2n) is 9.93. The highest BCUT2D eigenvalue weighted by atomic mass is 16.2. The van der Waals surface area contributed by atoms with Crippen LogP contribution in [0.25, 0.3) is 10.9 Å². The number of carbonyl (C=O) groups excluding carboxylic acids is 2. The molecule has 5 rings (SSSR count). The summed E-state index contributed by atoms with van der Waals surface area (Å²) < 4.78 is 0. The molecular weight excluding hydrogens is 460 g/mol. The molecule has 190 valence electrons. The van der Waals surface area contributed by atoms with Gasteiger partial charge in [0.1, 0.15) is 6.04 Å². The van der Waals surface area contributed by atoms with Crippen LogP contribution < -0.4 is 5.32 Å². The number of H-pyrrole nitrogens is 1. The van der Waals surface area contributed by atoms with Crippen molar-refractivity contribution in [3.63, 3.8) is 0 Å². The zero-order chi connectivity index (χ0) is 25.8. The van der Waals surface area contributed by atoms with Crippen LogP contribution in [0.5, 0.6) is 0 Å². The molecule has 6 heteroatoms. The fraction of sp³-hybridized carbons (Fsp3) is 0.290. The summed E-state index contributed by atoms with van der Waals surface area (Å²) in [4.78, 5) is 34.8. The third kappa shape index (κ3) is 5.30. The lowest BCUT2D eigenvalue weighted by atomic mass is 9.90. The standard InChI is InChI=1S/C31H34N4O2/c1-22(26-20-33-27-16-10-9-15-25(26)27)29-31(37)35(18-17-32-29)28(19-23-11-5-3-6-12-23)30(36)34(2)21-24-13-7-4-8-14-24/h3-16,20,22,28-29,32-33H,17-19,21H2,1-2H3/t22?,28-,29?/m1/s1. The third-order valence-electron chi connectivity index (χ3n) is 7.45. The second kappa shape index (κ2) is 11.0. The van der Waals surface area contributed by atoms with Crippen LogP contribution in [0.1, 0.15) is 29.5 Å². The third-order valence-corrected chi connectivity index (χ3v) is 7.45. The van der Waals surface area contributed by atoms with Crippen LogP contribution >= 0.6 is 0 Å². The summed E-state index contributed by atoms with van der Waals surface area (Å²) in [6, 6.07) is 27.1. The Kier molecular flexibility index (Phi) is 7.37. The van der Waals surface area contributed by atoms with Crippen LogP contribution in [-0.2, 0) is 22.6 Å². The summed E-state index contributed by atoms with van der Waals surface area (Å²) in [7, 11) is 1.83. The van der Waals surface area contributed by atoms with Crippen LogP contribution in [0, 0.1) is 0 Å². The zero-order valence-corrected chi connectivity index (χ0v) is 21.4. The molecule has 1 fully saturated rings. The molecule has 6 nitrogen and oxygen atoms in total. The molecule has 1 saturated heterocycles. The van der Waals surface area contributed by atoms with Gasteiger partial charge in [0.15, 0.2) is 0 Å². The molecule has 2 N–H and O–H groups in total. The lowest BCUT2D eigenvalue weighted by Crippen LogP contribution is -2.62. The highest BCUT2D eigenvalue weighted by molar-refractivity contribution is 5.92. The predicted octanol–water partition coefficient (Wildman–Crippen LogP) is 4.34. The van der Waals surface area contributed by atoms with E-state index in [1.54, 1.807) is 4.90 Å². The minimum atomic E-state index is -0.566. The number of aromatic nitrogens is 1. The van der Waals surface area contributed by atoms with Crippen LogP contribution in [0.3, 0.4) is 0 Å². The van der Waals surface area contributed by atoms with Gasteiger partial charge < -0.3 is 20.1 Å². The Morgan fingerprint density at radius 1 is 0.973 bits per heavy atom. The number of amides is 2. The van der Waals surface area contributed by atoms with Crippen molar-refractivity contribution in [3.8, 4) is 0 Å². The maximum Gasteiger partial charge on any atom is 0.245 e. The van der Waals surface area contributed by atoms with Crippen LogP contribution in [0.2, 0.25) is 0 Å². The van der Waals surface area contributed by atoms with Gasteiger partial charge in [-0.15, -0.1) is 0 Å². The molecule has 0 saturated carbocycles. The second-order valence-corrected chi connectivity index (χ2v) is 9.93. The molecule has 3 atom stereocenters. The lowest BCUT2D eigenvalue weighted by Gasteiger charge is -2.41. The Hall–Kier alpha value is -3.90. The predicted molar refractivity (Wildman–Crippen MR) is 147 cm³/mol. The van der Waals surface area contributed by atoms with Crippen molar-refractivity contribution in [1.82, 2.24) is 20.1 Å². The van der Waals surface area contributed by atoms with Crippen LogP contribution in [0.4, 0.5) is 0 Å². The molecule has 1 aliphatic rings. The Labute approximate surface area is 218 Å². The van der Waals surface area contributed by atoms with Gasteiger partial charge >= 0.3 is 0 Å². The molecule has 37 heavy (non-hydrogen) atoms. The van der Waals surface area contributed by atoms with Gasteiger partial charge in [-0.05, 0) is 22.8 Å². The first-order valence-electron chi connectivity index (χ1n) is 13.0. The summed E-state index contributed by atoms with van der Waals surface area (Å²) in [5.41, 5.74) is 4.27. The minimum absolute atomic E-state index is 0.0218. The van der Waals surface area contributed by atoms with Crippen molar-refractivity contribution in [2.45, 2.75) is 37.9 Å². The van der Waals surface area contributed by atoms with Gasteiger partial charge in [-0.2, -0.15) is 0 Å². The summed E-state index contributed by atoms with van der Waals surface area (Å²) in [6.07, 6.45) is 2.49. The number of fused-ring (bicyclic) bond motifs is 1. The monoisotopic (exact) mass is 494 g/mol. The molecular formula is C31H34N4O2. The van der Waals surface area contributed by atoms with E-state index in [2.05, 4.69) is 23.3 Å². The normalized spacial score (nSPS) is 17.5. The number of nitrogens with zero attached hydrogens (tertiary/aromatic N) is 2. The van der Waals surface area contributed by atoms with E-state index in [0.29, 0.717) is 26.1 Å². The maximum absolute atomic E-state index is 14.0. The molecule has 2 unspecified atom stereocenters. The van der Waals surface area contributed by atoms with Gasteiger partial charge in [-0.25, -0.2) is 0 Å². The highest BCUT2D eigenvalue weighted by Gasteiger charge is 2.40. The van der Waals surface area contributed by atoms with E-state index in [4.69, 9.17) is 0 Å². The summed E-state index contributed by atoms with van der Waals surface area (Å²) >= 11 is 0. The maximum atomic E-state index is 14.0. The number of piperazine rings is 1. The van der Waals surface area contributed by atoms with E-state index in [9.17, 15) is 9.59 Å². The number of para-hydroxylation sites is 1. The highest BCUT2D eigenvalue weighted by Crippen LogP contribution is 2.30. The van der Waals surface area contributed by atoms with Crippen molar-refractivity contribution < 1.29 is 9.59 Å². The summed E-state index contributed by atoms with van der Waals surface area (Å²) in [6.45, 7) is 3.73. The topological polar surface area (TPSA) is 68.4 Å². The summed E-state index contributed by atoms with van der Waals surface area (Å²) in [5, 5.41) is 4.57. The van der Waals surface area contributed by atoms with Gasteiger partial charge in [0, 0.05) is 56.1 Å². The molecule has 2 heterocycles. The van der Waals surface area contributed by atoms with Gasteiger partial charge in [0.2, 0.25) is 11.8 Å². The number of likely N-dealkylation sites (N-methyl/N-ethyl adjacent to an activating group) is 1. The van der Waals surface area contributed by atoms with Gasteiger partial charge in [-0.1, -0.05) is 85.8 Å². The molecule has 3 aromatic carbocycles. The van der Waals surface area contributed by atoms with Crippen molar-refractivity contribution in [1.29, 1.82) is 0 Å². The first kappa shape index (κ1) is 24.8. The van der Waals surface area contributed by atoms with Crippen molar-refractivity contribution in [3.05, 3.63) is 108 Å². The number of hydrogen-bond donors (Lipinski definition) is 2. The average molecular weight is 495 g/mol. The van der Waals surface area contributed by atoms with Crippen molar-refractivity contribution >= 4 is 22.7 Å². The van der Waals surface area contributed by atoms with E-state index in [-0.39, 0.29) is 17.7 Å². The molecule has 0 bridgehead atoms. The van der Waals surface area contributed by atoms with Crippen molar-refractivity contribution in [2.24, 2.45) is 0 Å². The summed E-state index contributed by atoms with van der Waals surface area (Å²) in [5.74, 6) is -0.117. The molecule has 1 aliphatic heterocycles. The fourth-order valence-corrected chi connectivity index (χ4v) is 5.42. The van der Waals surface area contributed by atoms with E-state index in [1.165, 1.54) is 0 Å². The first-order chi connectivity index (χ1) is 18.0. The molecule has 2 amide bonds. The number of aromatic amines is 1. The van der Waals surface area contributed by atoms with E-state index in [1.807, 2.05) is 97.0 Å². The average Bonchev–Trinajstić information content (AvgIpc) is 3.37. The smallest absolute Gasteiger partial charge is 0.245 e. The number of hydrogen-bond acceptors (Lipinski definition) is 3. The van der Waals surface area contributed by atoms with Crippen LogP contribution in [-0.4, -0.2) is 58.8 Å². The first-order valence-corrected chi connectivity index (χ1v) is 13.0. The molecule has 0 radical (unpaired) electrons. The molecule has 4 aromatic rings. The Morgan fingerprint density at radius 2 is 1.62 bits per heavy atom. The largest absolute Gasteiger partial charge is 0.361 e. The van der Waals surface area contributed by atoms with E-state index >= 15 is 0 Å². The number of rotatable bonds is 8. The number of benzene rings is 3. The number of carbonyl (C=O) groups is 2. The fourth-order valence-electron chi connectivity index (χ4n) is 5.42. The van der Waals surface area contributed by atoms with Crippen molar-refractivity contribution in [2.75, 3.05) is 20.1 Å². The van der Waals surface area contributed by atoms with Gasteiger partial charge in [0.25, 0.3) is 0 Å². The minimum Gasteiger partial charge on any atom is -0.361 e. The Balaban J connectivity index is 1.41.